The first-order chi connectivity index (χ1) is 9.19. The molecule has 1 spiro atoms. The third-order valence-corrected chi connectivity index (χ3v) is 4.94. The normalized spacial score (nSPS) is 40.6. The maximum absolute atomic E-state index is 7.66. The van der Waals surface area contributed by atoms with Crippen LogP contribution in [0.1, 0.15) is 32.1 Å². The smallest absolute Gasteiger partial charge is 0.0951 e. The molecule has 3 fully saturated rings. The van der Waals surface area contributed by atoms with Crippen LogP contribution >= 0.6 is 0 Å². The number of nitrogens with zero attached hydrogens (tertiary/aromatic N) is 1. The highest BCUT2D eigenvalue weighted by Crippen LogP contribution is 2.35. The summed E-state index contributed by atoms with van der Waals surface area (Å²) in [6.07, 6.45) is 5.45. The molecule has 5 heteroatoms. The zero-order valence-electron chi connectivity index (χ0n) is 11.6. The van der Waals surface area contributed by atoms with Gasteiger partial charge < -0.3 is 15.2 Å². The van der Waals surface area contributed by atoms with Gasteiger partial charge in [-0.2, -0.15) is 0 Å². The van der Waals surface area contributed by atoms with Crippen molar-refractivity contribution >= 4 is 5.84 Å². The third-order valence-electron chi connectivity index (χ3n) is 4.94. The first kappa shape index (κ1) is 13.3. The first-order valence-corrected chi connectivity index (χ1v) is 7.48. The zero-order chi connectivity index (χ0) is 13.3. The number of likely N-dealkylation sites (tertiary alicyclic amines) is 1. The van der Waals surface area contributed by atoms with E-state index in [1.54, 1.807) is 0 Å². The van der Waals surface area contributed by atoms with Gasteiger partial charge in [-0.25, -0.2) is 0 Å². The van der Waals surface area contributed by atoms with E-state index >= 15 is 0 Å². The molecule has 0 aromatic carbocycles. The fourth-order valence-electron chi connectivity index (χ4n) is 3.77. The van der Waals surface area contributed by atoms with Crippen molar-refractivity contribution in [3.8, 4) is 0 Å². The lowest BCUT2D eigenvalue weighted by Gasteiger charge is -2.44. The lowest BCUT2D eigenvalue weighted by atomic mass is 9.86. The molecule has 0 aromatic rings. The predicted molar refractivity (Wildman–Crippen MR) is 73.4 cm³/mol. The van der Waals surface area contributed by atoms with E-state index in [0.717, 1.165) is 65.0 Å². The fourth-order valence-corrected chi connectivity index (χ4v) is 3.77. The quantitative estimate of drug-likeness (QED) is 0.578. The van der Waals surface area contributed by atoms with E-state index in [-0.39, 0.29) is 11.5 Å². The number of amidine groups is 1. The van der Waals surface area contributed by atoms with E-state index in [2.05, 4.69) is 4.90 Å². The molecule has 0 saturated carbocycles. The van der Waals surface area contributed by atoms with Crippen molar-refractivity contribution in [3.05, 3.63) is 0 Å². The van der Waals surface area contributed by atoms with Gasteiger partial charge in [0, 0.05) is 38.1 Å². The number of hydrogen-bond donors (Lipinski definition) is 2. The summed E-state index contributed by atoms with van der Waals surface area (Å²) in [5.74, 6) is 0.614. The Labute approximate surface area is 114 Å². The molecule has 3 aliphatic heterocycles. The van der Waals surface area contributed by atoms with Crippen molar-refractivity contribution in [3.63, 3.8) is 0 Å². The van der Waals surface area contributed by atoms with E-state index in [1.807, 2.05) is 0 Å². The maximum Gasteiger partial charge on any atom is 0.0951 e. The van der Waals surface area contributed by atoms with Crippen molar-refractivity contribution in [1.29, 1.82) is 5.41 Å². The summed E-state index contributed by atoms with van der Waals surface area (Å²) in [4.78, 5) is 2.54. The van der Waals surface area contributed by atoms with Crippen LogP contribution in [0.15, 0.2) is 0 Å². The number of ether oxygens (including phenoxy) is 2. The first-order valence-electron chi connectivity index (χ1n) is 7.48. The molecular formula is C14H25N3O2. The maximum atomic E-state index is 7.66. The number of rotatable bonds is 2. The van der Waals surface area contributed by atoms with Gasteiger partial charge in [-0.3, -0.25) is 10.3 Å². The highest BCUT2D eigenvalue weighted by atomic mass is 16.6. The molecular weight excluding hydrogens is 242 g/mol. The highest BCUT2D eigenvalue weighted by molar-refractivity contribution is 5.79. The molecule has 3 unspecified atom stereocenters. The van der Waals surface area contributed by atoms with Gasteiger partial charge in [-0.15, -0.1) is 0 Å². The number of nitrogens with two attached hydrogens (primary N) is 1. The molecule has 3 atom stereocenters. The van der Waals surface area contributed by atoms with Crippen molar-refractivity contribution in [2.75, 3.05) is 32.9 Å². The monoisotopic (exact) mass is 267 g/mol. The van der Waals surface area contributed by atoms with E-state index < -0.39 is 0 Å². The Morgan fingerprint density at radius 1 is 1.32 bits per heavy atom. The number of nitrogens with one attached hydrogen (secondary N) is 1. The molecule has 3 heterocycles. The van der Waals surface area contributed by atoms with Crippen molar-refractivity contribution in [1.82, 2.24) is 4.90 Å². The summed E-state index contributed by atoms with van der Waals surface area (Å²) in [5.41, 5.74) is 5.66. The van der Waals surface area contributed by atoms with Gasteiger partial charge in [-0.1, -0.05) is 0 Å². The molecule has 5 nitrogen and oxygen atoms in total. The highest BCUT2D eigenvalue weighted by Gasteiger charge is 2.43. The Morgan fingerprint density at radius 3 is 2.95 bits per heavy atom. The second-order valence-electron chi connectivity index (χ2n) is 6.27. The summed E-state index contributed by atoms with van der Waals surface area (Å²) in [6.45, 7) is 4.54. The van der Waals surface area contributed by atoms with Gasteiger partial charge >= 0.3 is 0 Å². The minimum absolute atomic E-state index is 0.0217. The lowest BCUT2D eigenvalue weighted by Crippen LogP contribution is -2.52. The minimum atomic E-state index is -0.0217. The van der Waals surface area contributed by atoms with Crippen LogP contribution in [0.2, 0.25) is 0 Å². The van der Waals surface area contributed by atoms with Crippen LogP contribution in [0.4, 0.5) is 0 Å². The molecule has 0 amide bonds. The Bertz CT molecular complexity index is 342. The minimum Gasteiger partial charge on any atom is -0.387 e. The Balaban J connectivity index is 1.63. The standard InChI is InChI=1S/C14H25N3O2/c15-13(16)11-2-1-5-17(9-11)12-3-6-19-14(8-12)4-7-18-10-14/h11-12H,1-10H2,(H3,15,16). The molecule has 3 aliphatic rings. The summed E-state index contributed by atoms with van der Waals surface area (Å²) in [6, 6.07) is 0.581. The average molecular weight is 267 g/mol. The Hall–Kier alpha value is -0.650. The summed E-state index contributed by atoms with van der Waals surface area (Å²) >= 11 is 0. The molecule has 0 aromatic heterocycles. The Kier molecular flexibility index (Phi) is 3.78. The third kappa shape index (κ3) is 2.78. The predicted octanol–water partition coefficient (Wildman–Crippen LogP) is 0.972. The average Bonchev–Trinajstić information content (AvgIpc) is 2.87. The molecule has 108 valence electrons. The molecule has 3 N–H and O–H groups in total. The topological polar surface area (TPSA) is 71.6 Å². The molecule has 19 heavy (non-hydrogen) atoms. The molecule has 0 bridgehead atoms. The van der Waals surface area contributed by atoms with Gasteiger partial charge in [0.15, 0.2) is 0 Å². The van der Waals surface area contributed by atoms with Crippen LogP contribution in [0, 0.1) is 11.3 Å². The SMILES string of the molecule is N=C(N)C1CCCN(C2CCOC3(CCOC3)C2)C1. The number of piperidine rings is 1. The van der Waals surface area contributed by atoms with Gasteiger partial charge in [-0.05, 0) is 32.2 Å². The second kappa shape index (κ2) is 5.38. The van der Waals surface area contributed by atoms with Crippen LogP contribution in [0.3, 0.4) is 0 Å². The van der Waals surface area contributed by atoms with Crippen LogP contribution in [0.5, 0.6) is 0 Å². The van der Waals surface area contributed by atoms with Gasteiger partial charge in [0.25, 0.3) is 0 Å². The zero-order valence-corrected chi connectivity index (χ0v) is 11.6. The van der Waals surface area contributed by atoms with Crippen LogP contribution in [-0.4, -0.2) is 55.3 Å². The Morgan fingerprint density at radius 2 is 2.21 bits per heavy atom. The number of hydrogen-bond acceptors (Lipinski definition) is 4. The van der Waals surface area contributed by atoms with Crippen molar-refractivity contribution in [2.45, 2.75) is 43.7 Å². The summed E-state index contributed by atoms with van der Waals surface area (Å²) in [5, 5.41) is 7.66. The van der Waals surface area contributed by atoms with Crippen molar-refractivity contribution < 1.29 is 9.47 Å². The largest absolute Gasteiger partial charge is 0.387 e. The van der Waals surface area contributed by atoms with Gasteiger partial charge in [0.05, 0.1) is 18.0 Å². The van der Waals surface area contributed by atoms with Gasteiger partial charge in [0.1, 0.15) is 0 Å². The van der Waals surface area contributed by atoms with Gasteiger partial charge in [0.2, 0.25) is 0 Å². The molecule has 3 saturated heterocycles. The second-order valence-corrected chi connectivity index (χ2v) is 6.27. The molecule has 0 aliphatic carbocycles. The molecule has 0 radical (unpaired) electrons. The van der Waals surface area contributed by atoms with Crippen LogP contribution < -0.4 is 5.73 Å². The van der Waals surface area contributed by atoms with E-state index in [9.17, 15) is 0 Å². The summed E-state index contributed by atoms with van der Waals surface area (Å²) in [7, 11) is 0. The molecule has 3 rings (SSSR count). The summed E-state index contributed by atoms with van der Waals surface area (Å²) < 4.78 is 11.5. The van der Waals surface area contributed by atoms with Crippen molar-refractivity contribution in [2.24, 2.45) is 11.7 Å². The van der Waals surface area contributed by atoms with E-state index in [1.165, 1.54) is 0 Å². The van der Waals surface area contributed by atoms with Crippen LogP contribution in [0.25, 0.3) is 0 Å². The van der Waals surface area contributed by atoms with Crippen LogP contribution in [-0.2, 0) is 9.47 Å². The van der Waals surface area contributed by atoms with E-state index in [0.29, 0.717) is 11.9 Å². The fraction of sp³-hybridized carbons (Fsp3) is 0.929. The lowest BCUT2D eigenvalue weighted by molar-refractivity contribution is -0.109. The van der Waals surface area contributed by atoms with E-state index in [4.69, 9.17) is 20.6 Å².